The molecule has 1 aromatic carbocycles. The standard InChI is InChI=1S/C10H12FNO3/c1-15-7-2-3-9(11)8(4-7)10(14)5-12-6-13/h2-4,6,10,14H,5H2,1H3,(H,12,13)/t10-/m0/s1. The number of aliphatic hydroxyl groups excluding tert-OH is 1. The van der Waals surface area contributed by atoms with Crippen molar-refractivity contribution in [1.29, 1.82) is 0 Å². The smallest absolute Gasteiger partial charge is 0.207 e. The summed E-state index contributed by atoms with van der Waals surface area (Å²) in [5.74, 6) is -0.0763. The van der Waals surface area contributed by atoms with Gasteiger partial charge in [0.15, 0.2) is 0 Å². The van der Waals surface area contributed by atoms with E-state index in [1.54, 1.807) is 0 Å². The molecule has 1 amide bonds. The average molecular weight is 213 g/mol. The molecule has 82 valence electrons. The molecule has 0 radical (unpaired) electrons. The first kappa shape index (κ1) is 11.5. The lowest BCUT2D eigenvalue weighted by atomic mass is 10.1. The first-order chi connectivity index (χ1) is 7.19. The monoisotopic (exact) mass is 213 g/mol. The fourth-order valence-electron chi connectivity index (χ4n) is 1.17. The summed E-state index contributed by atoms with van der Waals surface area (Å²) in [4.78, 5) is 10.0. The van der Waals surface area contributed by atoms with Crippen molar-refractivity contribution in [3.63, 3.8) is 0 Å². The molecule has 0 heterocycles. The number of nitrogens with one attached hydrogen (secondary N) is 1. The number of ether oxygens (including phenoxy) is 1. The van der Waals surface area contributed by atoms with Crippen LogP contribution < -0.4 is 10.1 Å². The van der Waals surface area contributed by atoms with Gasteiger partial charge in [0, 0.05) is 12.1 Å². The van der Waals surface area contributed by atoms with Crippen LogP contribution in [0.5, 0.6) is 5.75 Å². The molecule has 0 bridgehead atoms. The highest BCUT2D eigenvalue weighted by Gasteiger charge is 2.13. The lowest BCUT2D eigenvalue weighted by molar-refractivity contribution is -0.110. The summed E-state index contributed by atoms with van der Waals surface area (Å²) in [6.45, 7) is -0.0341. The Hall–Kier alpha value is -1.62. The molecular weight excluding hydrogens is 201 g/mol. The number of rotatable bonds is 5. The van der Waals surface area contributed by atoms with Gasteiger partial charge in [0.25, 0.3) is 0 Å². The molecule has 0 aliphatic rings. The van der Waals surface area contributed by atoms with Gasteiger partial charge in [-0.25, -0.2) is 4.39 Å². The van der Waals surface area contributed by atoms with Gasteiger partial charge >= 0.3 is 0 Å². The lowest BCUT2D eigenvalue weighted by Gasteiger charge is -2.12. The predicted molar refractivity (Wildman–Crippen MR) is 52.0 cm³/mol. The van der Waals surface area contributed by atoms with E-state index in [9.17, 15) is 14.3 Å². The highest BCUT2D eigenvalue weighted by Crippen LogP contribution is 2.21. The highest BCUT2D eigenvalue weighted by atomic mass is 19.1. The van der Waals surface area contributed by atoms with Gasteiger partial charge in [-0.05, 0) is 18.2 Å². The van der Waals surface area contributed by atoms with Gasteiger partial charge in [0.2, 0.25) is 6.41 Å². The SMILES string of the molecule is COc1ccc(F)c([C@@H](O)CNC=O)c1. The van der Waals surface area contributed by atoms with Crippen molar-refractivity contribution in [2.24, 2.45) is 0 Å². The molecule has 0 saturated heterocycles. The van der Waals surface area contributed by atoms with Crippen LogP contribution in [-0.2, 0) is 4.79 Å². The van der Waals surface area contributed by atoms with Crippen molar-refractivity contribution < 1.29 is 19.0 Å². The fraction of sp³-hybridized carbons (Fsp3) is 0.300. The van der Waals surface area contributed by atoms with Crippen LogP contribution in [-0.4, -0.2) is 25.2 Å². The molecule has 0 aromatic heterocycles. The maximum Gasteiger partial charge on any atom is 0.207 e. The molecule has 0 unspecified atom stereocenters. The number of amides is 1. The van der Waals surface area contributed by atoms with E-state index in [4.69, 9.17) is 4.74 Å². The van der Waals surface area contributed by atoms with Gasteiger partial charge in [-0.15, -0.1) is 0 Å². The molecule has 0 aliphatic heterocycles. The van der Waals surface area contributed by atoms with Crippen molar-refractivity contribution >= 4 is 6.41 Å². The number of benzene rings is 1. The van der Waals surface area contributed by atoms with Crippen LogP contribution in [0.15, 0.2) is 18.2 Å². The van der Waals surface area contributed by atoms with Crippen LogP contribution in [0.3, 0.4) is 0 Å². The minimum absolute atomic E-state index is 0.0341. The van der Waals surface area contributed by atoms with Gasteiger partial charge in [0.1, 0.15) is 11.6 Å². The highest BCUT2D eigenvalue weighted by molar-refractivity contribution is 5.46. The summed E-state index contributed by atoms with van der Waals surface area (Å²) in [7, 11) is 1.45. The first-order valence-electron chi connectivity index (χ1n) is 4.37. The van der Waals surface area contributed by atoms with Gasteiger partial charge in [0.05, 0.1) is 13.2 Å². The third kappa shape index (κ3) is 2.92. The van der Waals surface area contributed by atoms with Crippen LogP contribution in [0.2, 0.25) is 0 Å². The van der Waals surface area contributed by atoms with E-state index in [-0.39, 0.29) is 12.1 Å². The number of halogens is 1. The molecule has 1 aromatic rings. The number of aliphatic hydroxyl groups is 1. The van der Waals surface area contributed by atoms with E-state index >= 15 is 0 Å². The number of methoxy groups -OCH3 is 1. The predicted octanol–water partition coefficient (Wildman–Crippen LogP) is 0.614. The number of carbonyl (C=O) groups is 1. The topological polar surface area (TPSA) is 58.6 Å². The third-order valence-electron chi connectivity index (χ3n) is 1.96. The number of carbonyl (C=O) groups excluding carboxylic acids is 1. The van der Waals surface area contributed by atoms with Gasteiger partial charge in [-0.2, -0.15) is 0 Å². The van der Waals surface area contributed by atoms with E-state index in [0.717, 1.165) is 0 Å². The second-order valence-electron chi connectivity index (χ2n) is 2.93. The Morgan fingerprint density at radius 3 is 3.00 bits per heavy atom. The number of hydrogen-bond acceptors (Lipinski definition) is 3. The van der Waals surface area contributed by atoms with Crippen molar-refractivity contribution in [2.45, 2.75) is 6.10 Å². The number of hydrogen-bond donors (Lipinski definition) is 2. The summed E-state index contributed by atoms with van der Waals surface area (Å²) < 4.78 is 18.1. The molecule has 1 rings (SSSR count). The van der Waals surface area contributed by atoms with E-state index in [1.807, 2.05) is 0 Å². The second kappa shape index (κ2) is 5.31. The zero-order chi connectivity index (χ0) is 11.3. The van der Waals surface area contributed by atoms with Crippen LogP contribution >= 0.6 is 0 Å². The van der Waals surface area contributed by atoms with Gasteiger partial charge < -0.3 is 15.2 Å². The Labute approximate surface area is 86.7 Å². The Kier molecular flexibility index (Phi) is 4.05. The van der Waals surface area contributed by atoms with Gasteiger partial charge in [-0.3, -0.25) is 4.79 Å². The van der Waals surface area contributed by atoms with E-state index < -0.39 is 11.9 Å². The largest absolute Gasteiger partial charge is 0.497 e. The van der Waals surface area contributed by atoms with Crippen LogP contribution in [0.1, 0.15) is 11.7 Å². The quantitative estimate of drug-likeness (QED) is 0.705. The van der Waals surface area contributed by atoms with Crippen LogP contribution in [0, 0.1) is 5.82 Å². The Bertz CT molecular complexity index is 343. The van der Waals surface area contributed by atoms with E-state index in [2.05, 4.69) is 5.32 Å². The first-order valence-corrected chi connectivity index (χ1v) is 4.37. The molecule has 15 heavy (non-hydrogen) atoms. The zero-order valence-corrected chi connectivity index (χ0v) is 8.24. The summed E-state index contributed by atoms with van der Waals surface area (Å²) in [5.41, 5.74) is 0.101. The molecule has 1 atom stereocenters. The zero-order valence-electron chi connectivity index (χ0n) is 8.24. The van der Waals surface area contributed by atoms with Gasteiger partial charge in [-0.1, -0.05) is 0 Å². The Morgan fingerprint density at radius 1 is 1.67 bits per heavy atom. The van der Waals surface area contributed by atoms with Crippen LogP contribution in [0.4, 0.5) is 4.39 Å². The summed E-state index contributed by atoms with van der Waals surface area (Å²) in [5, 5.41) is 11.8. The molecule has 0 spiro atoms. The molecule has 2 N–H and O–H groups in total. The molecule has 0 aliphatic carbocycles. The molecule has 0 saturated carbocycles. The second-order valence-corrected chi connectivity index (χ2v) is 2.93. The van der Waals surface area contributed by atoms with Crippen molar-refractivity contribution in [3.8, 4) is 5.75 Å². The summed E-state index contributed by atoms with van der Waals surface area (Å²) in [6, 6.07) is 4.06. The Balaban J connectivity index is 2.85. The van der Waals surface area contributed by atoms with Crippen molar-refractivity contribution in [2.75, 3.05) is 13.7 Å². The third-order valence-corrected chi connectivity index (χ3v) is 1.96. The summed E-state index contributed by atoms with van der Waals surface area (Å²) in [6.07, 6.45) is -0.633. The summed E-state index contributed by atoms with van der Waals surface area (Å²) >= 11 is 0. The molecular formula is C10H12FNO3. The maximum atomic E-state index is 13.3. The minimum Gasteiger partial charge on any atom is -0.497 e. The van der Waals surface area contributed by atoms with E-state index in [0.29, 0.717) is 12.2 Å². The van der Waals surface area contributed by atoms with Crippen molar-refractivity contribution in [1.82, 2.24) is 5.32 Å². The average Bonchev–Trinajstić information content (AvgIpc) is 2.26. The minimum atomic E-state index is -1.08. The maximum absolute atomic E-state index is 13.3. The normalized spacial score (nSPS) is 11.9. The Morgan fingerprint density at radius 2 is 2.40 bits per heavy atom. The van der Waals surface area contributed by atoms with Crippen LogP contribution in [0.25, 0.3) is 0 Å². The molecule has 5 heteroatoms. The van der Waals surface area contributed by atoms with E-state index in [1.165, 1.54) is 25.3 Å². The molecule has 4 nitrogen and oxygen atoms in total. The fourth-order valence-corrected chi connectivity index (χ4v) is 1.17. The lowest BCUT2D eigenvalue weighted by Crippen LogP contribution is -2.20. The molecule has 0 fully saturated rings. The van der Waals surface area contributed by atoms with Crippen molar-refractivity contribution in [3.05, 3.63) is 29.6 Å².